The Morgan fingerprint density at radius 3 is 2.55 bits per heavy atom. The molecule has 0 spiro atoms. The molecule has 2 N–H and O–H groups in total. The molecule has 8 unspecified atom stereocenters. The summed E-state index contributed by atoms with van der Waals surface area (Å²) >= 11 is 10.9. The number of nitrogens with one attached hydrogen (secondary N) is 1. The lowest BCUT2D eigenvalue weighted by Crippen LogP contribution is -2.64. The van der Waals surface area contributed by atoms with Gasteiger partial charge in [0.15, 0.2) is 5.72 Å². The van der Waals surface area contributed by atoms with Crippen molar-refractivity contribution in [2.75, 3.05) is 39.0 Å². The number of aliphatic hydroxyl groups is 1. The number of epoxide rings is 1. The number of hydrogen-bond acceptors (Lipinski definition) is 11. The quantitative estimate of drug-likeness (QED) is 0.210. The van der Waals surface area contributed by atoms with Crippen molar-refractivity contribution >= 4 is 53.8 Å². The summed E-state index contributed by atoms with van der Waals surface area (Å²) in [4.78, 5) is 56.0. The van der Waals surface area contributed by atoms with E-state index in [1.54, 1.807) is 52.1 Å². The number of esters is 1. The predicted molar refractivity (Wildman–Crippen MR) is 194 cm³/mol. The van der Waals surface area contributed by atoms with Crippen LogP contribution in [0.15, 0.2) is 35.9 Å². The molecule has 0 aromatic heterocycles. The number of rotatable bonds is 7. The van der Waals surface area contributed by atoms with Crippen LogP contribution in [0.25, 0.3) is 0 Å². The number of allylic oxidation sites excluding steroid dienone is 3. The minimum Gasteiger partial charge on any atom is -0.495 e. The molecule has 3 aliphatic rings. The zero-order valence-corrected chi connectivity index (χ0v) is 32.3. The molecule has 51 heavy (non-hydrogen) atoms. The van der Waals surface area contributed by atoms with E-state index in [1.165, 1.54) is 38.0 Å². The summed E-state index contributed by atoms with van der Waals surface area (Å²) in [5.74, 6) is -1.38. The molecule has 15 heteroatoms. The van der Waals surface area contributed by atoms with Crippen LogP contribution in [0.3, 0.4) is 0 Å². The maximum atomic E-state index is 14.1. The van der Waals surface area contributed by atoms with Gasteiger partial charge in [0.2, 0.25) is 11.8 Å². The van der Waals surface area contributed by atoms with Gasteiger partial charge < -0.3 is 38.6 Å². The molecule has 3 amide bonds. The summed E-state index contributed by atoms with van der Waals surface area (Å²) in [6.07, 6.45) is 1.63. The SMILES string of the molecule is COc1cc2cc(c1Cl)N(C)C(=O)CC(OC(=O)C(C)N(C)C(=O)CCS)C1(C)OC1(C)C(C)C1CC(O)(NC(=O)O1)C(OC)C=CC=C(C)C2. The molecular formula is C36H50ClN3O10S. The van der Waals surface area contributed by atoms with Gasteiger partial charge in [-0.3, -0.25) is 14.9 Å². The number of halogens is 1. The summed E-state index contributed by atoms with van der Waals surface area (Å²) in [5, 5.41) is 14.5. The van der Waals surface area contributed by atoms with Crippen molar-refractivity contribution in [3.8, 4) is 5.75 Å². The lowest BCUT2D eigenvalue weighted by molar-refractivity contribution is -0.162. The molecule has 3 aliphatic heterocycles. The molecule has 0 aliphatic carbocycles. The van der Waals surface area contributed by atoms with Crippen molar-refractivity contribution in [1.82, 2.24) is 10.2 Å². The molecule has 4 bridgehead atoms. The van der Waals surface area contributed by atoms with Crippen LogP contribution in [0, 0.1) is 5.92 Å². The van der Waals surface area contributed by atoms with Gasteiger partial charge in [-0.15, -0.1) is 0 Å². The van der Waals surface area contributed by atoms with Gasteiger partial charge in [-0.25, -0.2) is 9.59 Å². The Labute approximate surface area is 310 Å². The Kier molecular flexibility index (Phi) is 12.5. The number of anilines is 1. The number of alkyl carbamates (subject to hydrolysis) is 1. The molecule has 1 aromatic carbocycles. The number of nitrogens with zero attached hydrogens (tertiary/aromatic N) is 2. The molecule has 4 rings (SSSR count). The first-order valence-electron chi connectivity index (χ1n) is 16.8. The number of methoxy groups -OCH3 is 2. The zero-order valence-electron chi connectivity index (χ0n) is 30.7. The average Bonchev–Trinajstić information content (AvgIpc) is 3.66. The van der Waals surface area contributed by atoms with Crippen molar-refractivity contribution in [2.24, 2.45) is 5.92 Å². The van der Waals surface area contributed by atoms with Crippen LogP contribution in [0.2, 0.25) is 5.02 Å². The lowest BCUT2D eigenvalue weighted by atomic mass is 9.76. The van der Waals surface area contributed by atoms with Gasteiger partial charge >= 0.3 is 12.1 Å². The number of carbonyl (C=O) groups excluding carboxylic acids is 4. The average molecular weight is 752 g/mol. The molecule has 2 saturated heterocycles. The topological polar surface area (TPSA) is 156 Å². The number of thiol groups is 1. The fourth-order valence-corrected chi connectivity index (χ4v) is 7.34. The van der Waals surface area contributed by atoms with E-state index in [4.69, 9.17) is 35.3 Å². The maximum absolute atomic E-state index is 14.1. The van der Waals surface area contributed by atoms with Crippen LogP contribution >= 0.6 is 24.2 Å². The number of ether oxygens (including phenoxy) is 5. The number of likely N-dealkylation sites (N-methyl/N-ethyl adjacent to an activating group) is 1. The van der Waals surface area contributed by atoms with E-state index in [0.717, 1.165) is 11.1 Å². The Balaban J connectivity index is 1.82. The Morgan fingerprint density at radius 1 is 1.24 bits per heavy atom. The van der Waals surface area contributed by atoms with Crippen LogP contribution in [0.4, 0.5) is 10.5 Å². The number of hydrogen-bond donors (Lipinski definition) is 3. The third kappa shape index (κ3) is 8.20. The van der Waals surface area contributed by atoms with Gasteiger partial charge in [0, 0.05) is 40.0 Å². The van der Waals surface area contributed by atoms with Crippen LogP contribution in [-0.2, 0) is 39.8 Å². The molecule has 8 atom stereocenters. The third-order valence-corrected chi connectivity index (χ3v) is 11.3. The maximum Gasteiger partial charge on any atom is 0.409 e. The van der Waals surface area contributed by atoms with Crippen LogP contribution in [-0.4, -0.2) is 109 Å². The fourth-order valence-electron chi connectivity index (χ4n) is 6.84. The number of benzene rings is 1. The lowest BCUT2D eigenvalue weighted by Gasteiger charge is -2.43. The van der Waals surface area contributed by atoms with Gasteiger partial charge in [0.05, 0.1) is 19.2 Å². The zero-order chi connectivity index (χ0) is 38.1. The van der Waals surface area contributed by atoms with E-state index < -0.39 is 65.2 Å². The monoisotopic (exact) mass is 751 g/mol. The van der Waals surface area contributed by atoms with E-state index >= 15 is 0 Å². The summed E-state index contributed by atoms with van der Waals surface area (Å²) in [6.45, 7) is 8.77. The highest BCUT2D eigenvalue weighted by Crippen LogP contribution is 2.58. The molecule has 282 valence electrons. The first kappa shape index (κ1) is 40.5. The molecule has 0 saturated carbocycles. The van der Waals surface area contributed by atoms with Crippen LogP contribution < -0.4 is 15.0 Å². The minimum absolute atomic E-state index is 0.0637. The Morgan fingerprint density at radius 2 is 1.92 bits per heavy atom. The fraction of sp³-hybridized carbons (Fsp3) is 0.611. The van der Waals surface area contributed by atoms with Gasteiger partial charge in [0.1, 0.15) is 46.3 Å². The predicted octanol–water partition coefficient (Wildman–Crippen LogP) is 4.22. The number of fused-ring (bicyclic) bond motifs is 5. The van der Waals surface area contributed by atoms with Crippen molar-refractivity contribution < 1.29 is 48.0 Å². The standard InChI is InChI=1S/C36H50ClN3O10S/c1-20-11-10-12-27(47-9)36(45)19-26(48-33(44)38-36)21(2)34(4)35(5,50-34)28(49-32(43)22(3)39(6)29(41)13-14-51)18-30(42)40(7)24-16-23(15-20)17-25(46-8)31(24)37/h10-12,16-17,21-22,26-28,45,51H,13-15,18-19H2,1-9H3,(H,38,44). The smallest absolute Gasteiger partial charge is 0.409 e. The molecule has 2 fully saturated rings. The molecular weight excluding hydrogens is 702 g/mol. The van der Waals surface area contributed by atoms with Crippen LogP contribution in [0.5, 0.6) is 5.75 Å². The van der Waals surface area contributed by atoms with E-state index in [-0.39, 0.29) is 30.2 Å². The molecule has 3 heterocycles. The highest BCUT2D eigenvalue weighted by molar-refractivity contribution is 7.80. The Bertz CT molecular complexity index is 1590. The van der Waals surface area contributed by atoms with E-state index in [0.29, 0.717) is 23.6 Å². The summed E-state index contributed by atoms with van der Waals surface area (Å²) in [7, 11) is 5.99. The second kappa shape index (κ2) is 15.7. The molecule has 1 aromatic rings. The second-order valence-corrected chi connectivity index (χ2v) is 14.7. The third-order valence-electron chi connectivity index (χ3n) is 10.7. The van der Waals surface area contributed by atoms with Crippen molar-refractivity contribution in [3.63, 3.8) is 0 Å². The highest BCUT2D eigenvalue weighted by atomic mass is 35.5. The van der Waals surface area contributed by atoms with Gasteiger partial charge in [-0.05, 0) is 57.6 Å². The molecule has 0 radical (unpaired) electrons. The summed E-state index contributed by atoms with van der Waals surface area (Å²) in [6, 6.07) is 2.59. The first-order valence-corrected chi connectivity index (χ1v) is 17.8. The van der Waals surface area contributed by atoms with Gasteiger partial charge in [-0.1, -0.05) is 42.3 Å². The first-order chi connectivity index (χ1) is 23.8. The van der Waals surface area contributed by atoms with Crippen molar-refractivity contribution in [2.45, 2.75) is 102 Å². The van der Waals surface area contributed by atoms with Crippen LogP contribution in [0.1, 0.15) is 59.4 Å². The second-order valence-electron chi connectivity index (χ2n) is 13.9. The summed E-state index contributed by atoms with van der Waals surface area (Å²) in [5.41, 5.74) is -2.10. The van der Waals surface area contributed by atoms with E-state index in [2.05, 4.69) is 17.9 Å². The largest absolute Gasteiger partial charge is 0.495 e. The molecule has 13 nitrogen and oxygen atoms in total. The van der Waals surface area contributed by atoms with Gasteiger partial charge in [-0.2, -0.15) is 12.6 Å². The van der Waals surface area contributed by atoms with Crippen molar-refractivity contribution in [3.05, 3.63) is 46.5 Å². The highest BCUT2D eigenvalue weighted by Gasteiger charge is 2.73. The Hall–Kier alpha value is -3.30. The summed E-state index contributed by atoms with van der Waals surface area (Å²) < 4.78 is 29.4. The normalized spacial score (nSPS) is 31.8. The number of amides is 3. The van der Waals surface area contributed by atoms with E-state index in [1.807, 2.05) is 13.0 Å². The minimum atomic E-state index is -1.84. The van der Waals surface area contributed by atoms with Crippen molar-refractivity contribution in [1.29, 1.82) is 0 Å². The van der Waals surface area contributed by atoms with E-state index in [9.17, 15) is 24.3 Å². The number of carbonyl (C=O) groups is 4. The van der Waals surface area contributed by atoms with Gasteiger partial charge in [0.25, 0.3) is 0 Å².